The lowest BCUT2D eigenvalue weighted by atomic mass is 10.1. The standard InChI is InChI=1S/C19H27NO4/c1-3-24-19(22)17-12-16(17)13-20(18(21)14-23-2)11-7-10-15-8-5-4-6-9-15/h4-6,8-9,16-17H,3,7,10-14H2,1-2H3/t16-,17-/m0/s1. The third-order valence-electron chi connectivity index (χ3n) is 4.32. The topological polar surface area (TPSA) is 55.8 Å². The fourth-order valence-corrected chi connectivity index (χ4v) is 2.92. The van der Waals surface area contributed by atoms with Gasteiger partial charge in [0.05, 0.1) is 12.5 Å². The van der Waals surface area contributed by atoms with E-state index in [2.05, 4.69) is 12.1 Å². The Bertz CT molecular complexity index is 531. The highest BCUT2D eigenvalue weighted by Gasteiger charge is 2.45. The number of carbonyl (C=O) groups excluding carboxylic acids is 2. The lowest BCUT2D eigenvalue weighted by molar-refractivity contribution is -0.145. The number of methoxy groups -OCH3 is 1. The minimum Gasteiger partial charge on any atom is -0.466 e. The molecule has 2 rings (SSSR count). The molecule has 0 saturated heterocycles. The molecule has 2 atom stereocenters. The monoisotopic (exact) mass is 333 g/mol. The van der Waals surface area contributed by atoms with E-state index in [4.69, 9.17) is 9.47 Å². The van der Waals surface area contributed by atoms with Gasteiger partial charge < -0.3 is 14.4 Å². The molecule has 132 valence electrons. The third-order valence-corrected chi connectivity index (χ3v) is 4.32. The van der Waals surface area contributed by atoms with Crippen molar-refractivity contribution in [3.05, 3.63) is 35.9 Å². The van der Waals surface area contributed by atoms with Gasteiger partial charge in [0, 0.05) is 20.2 Å². The summed E-state index contributed by atoms with van der Waals surface area (Å²) in [6.07, 6.45) is 2.65. The van der Waals surface area contributed by atoms with Crippen LogP contribution in [0.25, 0.3) is 0 Å². The molecule has 0 aromatic heterocycles. The van der Waals surface area contributed by atoms with E-state index < -0.39 is 0 Å². The molecular weight excluding hydrogens is 306 g/mol. The summed E-state index contributed by atoms with van der Waals surface area (Å²) in [4.78, 5) is 25.8. The SMILES string of the molecule is CCOC(=O)[C@H]1C[C@H]1CN(CCCc1ccccc1)C(=O)COC. The minimum absolute atomic E-state index is 0.0138. The predicted molar refractivity (Wildman–Crippen MR) is 91.4 cm³/mol. The maximum absolute atomic E-state index is 12.2. The van der Waals surface area contributed by atoms with Crippen molar-refractivity contribution in [2.45, 2.75) is 26.2 Å². The number of amides is 1. The van der Waals surface area contributed by atoms with Gasteiger partial charge in [-0.1, -0.05) is 30.3 Å². The third kappa shape index (κ3) is 5.64. The number of carbonyl (C=O) groups is 2. The zero-order valence-electron chi connectivity index (χ0n) is 14.6. The molecule has 24 heavy (non-hydrogen) atoms. The van der Waals surface area contributed by atoms with Crippen molar-refractivity contribution < 1.29 is 19.1 Å². The van der Waals surface area contributed by atoms with Gasteiger partial charge in [-0.25, -0.2) is 0 Å². The van der Waals surface area contributed by atoms with Crippen LogP contribution in [-0.2, 0) is 25.5 Å². The molecule has 0 heterocycles. The van der Waals surface area contributed by atoms with Gasteiger partial charge in [-0.3, -0.25) is 9.59 Å². The van der Waals surface area contributed by atoms with Gasteiger partial charge in [-0.2, -0.15) is 0 Å². The molecule has 1 saturated carbocycles. The Morgan fingerprint density at radius 1 is 1.25 bits per heavy atom. The average molecular weight is 333 g/mol. The van der Waals surface area contributed by atoms with Crippen LogP contribution in [0.3, 0.4) is 0 Å². The van der Waals surface area contributed by atoms with Crippen LogP contribution in [0.4, 0.5) is 0 Å². The molecule has 0 bridgehead atoms. The Morgan fingerprint density at radius 2 is 2.00 bits per heavy atom. The van der Waals surface area contributed by atoms with Gasteiger partial charge in [-0.05, 0) is 37.7 Å². The molecule has 1 aromatic rings. The maximum Gasteiger partial charge on any atom is 0.309 e. The summed E-state index contributed by atoms with van der Waals surface area (Å²) in [5.74, 6) is 0.0319. The van der Waals surface area contributed by atoms with E-state index in [9.17, 15) is 9.59 Å². The quantitative estimate of drug-likeness (QED) is 0.617. The number of aryl methyl sites for hydroxylation is 1. The molecular formula is C19H27NO4. The number of nitrogens with zero attached hydrogens (tertiary/aromatic N) is 1. The Balaban J connectivity index is 1.82. The number of ether oxygens (including phenoxy) is 2. The molecule has 5 heteroatoms. The average Bonchev–Trinajstić information content (AvgIpc) is 3.35. The van der Waals surface area contributed by atoms with Crippen molar-refractivity contribution in [2.75, 3.05) is 33.4 Å². The van der Waals surface area contributed by atoms with Crippen molar-refractivity contribution in [1.82, 2.24) is 4.90 Å². The lowest BCUT2D eigenvalue weighted by Crippen LogP contribution is -2.37. The van der Waals surface area contributed by atoms with Crippen LogP contribution in [0.15, 0.2) is 30.3 Å². The van der Waals surface area contributed by atoms with Crippen molar-refractivity contribution in [3.63, 3.8) is 0 Å². The van der Waals surface area contributed by atoms with E-state index in [1.807, 2.05) is 30.0 Å². The second-order valence-corrected chi connectivity index (χ2v) is 6.22. The Labute approximate surface area is 143 Å². The summed E-state index contributed by atoms with van der Waals surface area (Å²) in [5, 5.41) is 0. The summed E-state index contributed by atoms with van der Waals surface area (Å²) in [6, 6.07) is 10.2. The van der Waals surface area contributed by atoms with E-state index in [0.29, 0.717) is 19.7 Å². The highest BCUT2D eigenvalue weighted by Crippen LogP contribution is 2.40. The fourth-order valence-electron chi connectivity index (χ4n) is 2.92. The molecule has 1 amide bonds. The van der Waals surface area contributed by atoms with Crippen LogP contribution < -0.4 is 0 Å². The van der Waals surface area contributed by atoms with Gasteiger partial charge >= 0.3 is 5.97 Å². The molecule has 1 aliphatic carbocycles. The first-order valence-corrected chi connectivity index (χ1v) is 8.63. The Morgan fingerprint density at radius 3 is 2.67 bits per heavy atom. The molecule has 1 fully saturated rings. The Kier molecular flexibility index (Phi) is 7.25. The number of benzene rings is 1. The zero-order valence-corrected chi connectivity index (χ0v) is 14.6. The molecule has 0 unspecified atom stereocenters. The second kappa shape index (κ2) is 9.42. The van der Waals surface area contributed by atoms with Crippen molar-refractivity contribution in [1.29, 1.82) is 0 Å². The first-order valence-electron chi connectivity index (χ1n) is 8.63. The summed E-state index contributed by atoms with van der Waals surface area (Å²) in [7, 11) is 1.53. The molecule has 5 nitrogen and oxygen atoms in total. The molecule has 1 aromatic carbocycles. The van der Waals surface area contributed by atoms with E-state index >= 15 is 0 Å². The van der Waals surface area contributed by atoms with E-state index in [1.54, 1.807) is 0 Å². The molecule has 0 aliphatic heterocycles. The van der Waals surface area contributed by atoms with Crippen LogP contribution >= 0.6 is 0 Å². The Hall–Kier alpha value is -1.88. The molecule has 0 spiro atoms. The molecule has 1 aliphatic rings. The van der Waals surface area contributed by atoms with Gasteiger partial charge in [0.25, 0.3) is 0 Å². The van der Waals surface area contributed by atoms with Crippen LogP contribution in [0.1, 0.15) is 25.3 Å². The second-order valence-electron chi connectivity index (χ2n) is 6.22. The molecule has 0 radical (unpaired) electrons. The van der Waals surface area contributed by atoms with Gasteiger partial charge in [0.2, 0.25) is 5.91 Å². The highest BCUT2D eigenvalue weighted by atomic mass is 16.5. The van der Waals surface area contributed by atoms with Crippen LogP contribution in [0.2, 0.25) is 0 Å². The highest BCUT2D eigenvalue weighted by molar-refractivity contribution is 5.78. The normalized spacial score (nSPS) is 18.9. The first kappa shape index (κ1) is 18.5. The minimum atomic E-state index is -0.133. The number of hydrogen-bond acceptors (Lipinski definition) is 4. The maximum atomic E-state index is 12.2. The summed E-state index contributed by atoms with van der Waals surface area (Å²) >= 11 is 0. The largest absolute Gasteiger partial charge is 0.466 e. The van der Waals surface area contributed by atoms with Crippen molar-refractivity contribution in [2.24, 2.45) is 11.8 Å². The number of rotatable bonds is 10. The van der Waals surface area contributed by atoms with Gasteiger partial charge in [-0.15, -0.1) is 0 Å². The van der Waals surface area contributed by atoms with E-state index in [-0.39, 0.29) is 30.3 Å². The van der Waals surface area contributed by atoms with Crippen molar-refractivity contribution in [3.8, 4) is 0 Å². The van der Waals surface area contributed by atoms with E-state index in [1.165, 1.54) is 12.7 Å². The fraction of sp³-hybridized carbons (Fsp3) is 0.579. The van der Waals surface area contributed by atoms with Crippen LogP contribution in [-0.4, -0.2) is 50.2 Å². The van der Waals surface area contributed by atoms with Gasteiger partial charge in [0.15, 0.2) is 0 Å². The van der Waals surface area contributed by atoms with Gasteiger partial charge in [0.1, 0.15) is 6.61 Å². The predicted octanol–water partition coefficient (Wildman–Crippen LogP) is 2.29. The van der Waals surface area contributed by atoms with E-state index in [0.717, 1.165) is 19.3 Å². The first-order chi connectivity index (χ1) is 11.7. The number of esters is 1. The number of hydrogen-bond donors (Lipinski definition) is 0. The summed E-state index contributed by atoms with van der Waals surface area (Å²) < 4.78 is 10.0. The lowest BCUT2D eigenvalue weighted by Gasteiger charge is -2.22. The van der Waals surface area contributed by atoms with Crippen LogP contribution in [0.5, 0.6) is 0 Å². The van der Waals surface area contributed by atoms with Crippen LogP contribution in [0, 0.1) is 11.8 Å². The summed E-state index contributed by atoms with van der Waals surface area (Å²) in [5.41, 5.74) is 1.27. The zero-order chi connectivity index (χ0) is 17.4. The summed E-state index contributed by atoms with van der Waals surface area (Å²) in [6.45, 7) is 3.60. The smallest absolute Gasteiger partial charge is 0.309 e. The van der Waals surface area contributed by atoms with Crippen molar-refractivity contribution >= 4 is 11.9 Å². The molecule has 0 N–H and O–H groups in total.